The summed E-state index contributed by atoms with van der Waals surface area (Å²) in [7, 11) is 1.62. The molecule has 0 bridgehead atoms. The zero-order valence-electron chi connectivity index (χ0n) is 19.7. The largest absolute Gasteiger partial charge is 0.497 e. The number of fused-ring (bicyclic) bond motifs is 1. The Morgan fingerprint density at radius 2 is 1.91 bits per heavy atom. The van der Waals surface area contributed by atoms with Gasteiger partial charge in [0.1, 0.15) is 34.8 Å². The van der Waals surface area contributed by atoms with Gasteiger partial charge in [0.25, 0.3) is 5.91 Å². The van der Waals surface area contributed by atoms with Gasteiger partial charge in [-0.25, -0.2) is 0 Å². The fourth-order valence-corrected chi connectivity index (χ4v) is 4.24. The number of nitrogens with one attached hydrogen (secondary N) is 1. The summed E-state index contributed by atoms with van der Waals surface area (Å²) in [5.41, 5.74) is 1.75. The van der Waals surface area contributed by atoms with E-state index in [0.717, 1.165) is 33.0 Å². The van der Waals surface area contributed by atoms with E-state index >= 15 is 0 Å². The summed E-state index contributed by atoms with van der Waals surface area (Å²) < 4.78 is 13.1. The second kappa shape index (κ2) is 10.8. The lowest BCUT2D eigenvalue weighted by Gasteiger charge is -2.09. The van der Waals surface area contributed by atoms with Gasteiger partial charge in [0.15, 0.2) is 0 Å². The zero-order valence-corrected chi connectivity index (χ0v) is 20.5. The molecule has 2 aromatic heterocycles. The molecule has 0 aliphatic rings. The molecule has 0 radical (unpaired) electrons. The van der Waals surface area contributed by atoms with Crippen LogP contribution in [0, 0.1) is 11.3 Å². The van der Waals surface area contributed by atoms with Gasteiger partial charge in [-0.3, -0.25) is 10.1 Å². The molecule has 2 aromatic carbocycles. The van der Waals surface area contributed by atoms with E-state index < -0.39 is 5.91 Å². The Bertz CT molecular complexity index is 1400. The van der Waals surface area contributed by atoms with Crippen LogP contribution in [0.25, 0.3) is 17.0 Å². The van der Waals surface area contributed by atoms with Crippen LogP contribution in [0.1, 0.15) is 30.3 Å². The summed E-state index contributed by atoms with van der Waals surface area (Å²) in [6.07, 6.45) is 3.53. The van der Waals surface area contributed by atoms with E-state index in [1.807, 2.05) is 74.6 Å². The van der Waals surface area contributed by atoms with Crippen molar-refractivity contribution >= 4 is 39.4 Å². The average molecular weight is 488 g/mol. The maximum atomic E-state index is 12.7. The van der Waals surface area contributed by atoms with Crippen molar-refractivity contribution in [2.24, 2.45) is 0 Å². The molecule has 178 valence electrons. The van der Waals surface area contributed by atoms with E-state index in [4.69, 9.17) is 9.47 Å². The number of para-hydroxylation sites is 1. The summed E-state index contributed by atoms with van der Waals surface area (Å²) in [4.78, 5) is 12.7. The Morgan fingerprint density at radius 3 is 2.60 bits per heavy atom. The maximum Gasteiger partial charge on any atom is 0.268 e. The number of hydrogen-bond donors (Lipinski definition) is 1. The number of nitriles is 1. The quantitative estimate of drug-likeness (QED) is 0.256. The summed E-state index contributed by atoms with van der Waals surface area (Å²) >= 11 is 1.30. The molecule has 0 saturated carbocycles. The van der Waals surface area contributed by atoms with Crippen LogP contribution in [-0.2, 0) is 11.3 Å². The molecule has 0 unspecified atom stereocenters. The second-order valence-corrected chi connectivity index (χ2v) is 9.05. The van der Waals surface area contributed by atoms with Crippen LogP contribution >= 0.6 is 11.3 Å². The van der Waals surface area contributed by atoms with Crippen molar-refractivity contribution in [1.82, 2.24) is 14.8 Å². The van der Waals surface area contributed by atoms with Gasteiger partial charge in [0.05, 0.1) is 13.7 Å². The Kier molecular flexibility index (Phi) is 7.43. The van der Waals surface area contributed by atoms with E-state index in [2.05, 4.69) is 20.1 Å². The molecule has 35 heavy (non-hydrogen) atoms. The average Bonchev–Trinajstić information content (AvgIpc) is 3.48. The van der Waals surface area contributed by atoms with Crippen LogP contribution in [0.2, 0.25) is 0 Å². The smallest absolute Gasteiger partial charge is 0.268 e. The van der Waals surface area contributed by atoms with E-state index in [-0.39, 0.29) is 11.5 Å². The number of benzene rings is 2. The molecule has 1 N–H and O–H groups in total. The Hall–Kier alpha value is -4.16. The normalized spacial score (nSPS) is 11.5. The van der Waals surface area contributed by atoms with Crippen molar-refractivity contribution in [1.29, 1.82) is 5.26 Å². The summed E-state index contributed by atoms with van der Waals surface area (Å²) in [5.74, 6) is 1.22. The van der Waals surface area contributed by atoms with Crippen molar-refractivity contribution in [3.63, 3.8) is 0 Å². The van der Waals surface area contributed by atoms with Gasteiger partial charge in [-0.1, -0.05) is 43.4 Å². The Morgan fingerprint density at radius 1 is 1.17 bits per heavy atom. The zero-order chi connectivity index (χ0) is 24.8. The van der Waals surface area contributed by atoms with Crippen molar-refractivity contribution in [3.05, 3.63) is 70.9 Å². The Labute approximate surface area is 207 Å². The van der Waals surface area contributed by atoms with Gasteiger partial charge in [-0.05, 0) is 36.4 Å². The highest BCUT2D eigenvalue weighted by atomic mass is 32.1. The van der Waals surface area contributed by atoms with E-state index in [1.54, 1.807) is 13.2 Å². The first-order valence-corrected chi connectivity index (χ1v) is 11.9. The molecule has 0 atom stereocenters. The van der Waals surface area contributed by atoms with Crippen molar-refractivity contribution in [2.75, 3.05) is 19.0 Å². The molecular weight excluding hydrogens is 462 g/mol. The van der Waals surface area contributed by atoms with Gasteiger partial charge in [-0.15, -0.1) is 10.2 Å². The van der Waals surface area contributed by atoms with Crippen LogP contribution < -0.4 is 14.8 Å². The third kappa shape index (κ3) is 5.67. The number of aromatic nitrogens is 3. The highest BCUT2D eigenvalue weighted by Gasteiger charge is 2.15. The summed E-state index contributed by atoms with van der Waals surface area (Å²) in [6.45, 7) is 5.06. The van der Waals surface area contributed by atoms with Crippen LogP contribution in [0.4, 0.5) is 5.13 Å². The Balaban J connectivity index is 1.51. The molecular formula is C26H25N5O3S. The predicted molar refractivity (Wildman–Crippen MR) is 137 cm³/mol. The lowest BCUT2D eigenvalue weighted by atomic mass is 10.1. The first-order valence-electron chi connectivity index (χ1n) is 11.1. The van der Waals surface area contributed by atoms with E-state index in [0.29, 0.717) is 18.3 Å². The first kappa shape index (κ1) is 24.0. The topological polar surface area (TPSA) is 102 Å². The van der Waals surface area contributed by atoms with Crippen LogP contribution in [-0.4, -0.2) is 34.4 Å². The highest BCUT2D eigenvalue weighted by molar-refractivity contribution is 7.15. The highest BCUT2D eigenvalue weighted by Crippen LogP contribution is 2.26. The minimum atomic E-state index is -0.515. The molecule has 0 aliphatic heterocycles. The molecule has 4 rings (SSSR count). The van der Waals surface area contributed by atoms with E-state index in [1.165, 1.54) is 11.3 Å². The number of carbonyl (C=O) groups is 1. The molecule has 9 heteroatoms. The van der Waals surface area contributed by atoms with Gasteiger partial charge >= 0.3 is 0 Å². The standard InChI is InChI=1S/C26H25N5O3S/c1-17(2)25-29-30-26(35-25)28-24(32)18(15-27)14-19-16-31(23-7-5-4-6-22(19)23)12-13-34-21-10-8-20(33-3)9-11-21/h4-11,14,16-17H,12-13H2,1-3H3,(H,28,30,32)/b18-14-. The first-order chi connectivity index (χ1) is 17.0. The lowest BCUT2D eigenvalue weighted by Crippen LogP contribution is -2.13. The third-order valence-corrected chi connectivity index (χ3v) is 6.44. The molecule has 8 nitrogen and oxygen atoms in total. The number of amides is 1. The maximum absolute atomic E-state index is 12.7. The van der Waals surface area contributed by atoms with Crippen molar-refractivity contribution in [3.8, 4) is 17.6 Å². The number of ether oxygens (including phenoxy) is 2. The van der Waals surface area contributed by atoms with Crippen molar-refractivity contribution in [2.45, 2.75) is 26.3 Å². The van der Waals surface area contributed by atoms with Gasteiger partial charge in [0, 0.05) is 28.6 Å². The van der Waals surface area contributed by atoms with Crippen LogP contribution in [0.5, 0.6) is 11.5 Å². The molecule has 4 aromatic rings. The SMILES string of the molecule is COc1ccc(OCCn2cc(/C=C(/C#N)C(=O)Nc3nnc(C(C)C)s3)c3ccccc32)cc1. The van der Waals surface area contributed by atoms with Crippen molar-refractivity contribution < 1.29 is 14.3 Å². The molecule has 1 amide bonds. The number of anilines is 1. The molecule has 0 saturated heterocycles. The molecule has 2 heterocycles. The second-order valence-electron chi connectivity index (χ2n) is 8.04. The van der Waals surface area contributed by atoms with Gasteiger partial charge < -0.3 is 14.0 Å². The number of methoxy groups -OCH3 is 1. The number of rotatable bonds is 9. The van der Waals surface area contributed by atoms with Gasteiger partial charge in [-0.2, -0.15) is 5.26 Å². The minimum Gasteiger partial charge on any atom is -0.497 e. The molecule has 0 aliphatic carbocycles. The van der Waals surface area contributed by atoms with Crippen LogP contribution in [0.3, 0.4) is 0 Å². The number of hydrogen-bond acceptors (Lipinski definition) is 7. The number of carbonyl (C=O) groups excluding carboxylic acids is 1. The fraction of sp³-hybridized carbons (Fsp3) is 0.231. The predicted octanol–water partition coefficient (Wildman–Crippen LogP) is 5.25. The number of nitrogens with zero attached hydrogens (tertiary/aromatic N) is 4. The minimum absolute atomic E-state index is 0.0105. The summed E-state index contributed by atoms with van der Waals surface area (Å²) in [6, 6.07) is 17.3. The van der Waals surface area contributed by atoms with Gasteiger partial charge in [0.2, 0.25) is 5.13 Å². The van der Waals surface area contributed by atoms with Crippen LogP contribution in [0.15, 0.2) is 60.3 Å². The lowest BCUT2D eigenvalue weighted by molar-refractivity contribution is -0.112. The van der Waals surface area contributed by atoms with E-state index in [9.17, 15) is 10.1 Å². The molecule has 0 spiro atoms. The third-order valence-electron chi connectivity index (χ3n) is 5.30. The monoisotopic (exact) mass is 487 g/mol. The fourth-order valence-electron chi connectivity index (χ4n) is 3.50. The summed E-state index contributed by atoms with van der Waals surface area (Å²) in [5, 5.41) is 22.6. The molecule has 0 fully saturated rings.